The van der Waals surface area contributed by atoms with Crippen molar-refractivity contribution in [2.24, 2.45) is 5.92 Å². The number of hydrogen-bond donors (Lipinski definition) is 2. The molecule has 0 aromatic carbocycles. The van der Waals surface area contributed by atoms with Gasteiger partial charge in [0.25, 0.3) is 5.16 Å². The molecule has 3 unspecified atom stereocenters. The van der Waals surface area contributed by atoms with Gasteiger partial charge in [0.2, 0.25) is 0 Å². The van der Waals surface area contributed by atoms with E-state index in [1.54, 1.807) is 0 Å². The fourth-order valence-electron chi connectivity index (χ4n) is 1.55. The molecule has 8 heteroatoms. The van der Waals surface area contributed by atoms with E-state index in [2.05, 4.69) is 13.2 Å². The molecule has 0 saturated carbocycles. The van der Waals surface area contributed by atoms with Crippen molar-refractivity contribution in [3.8, 4) is 0 Å². The fourth-order valence-corrected chi connectivity index (χ4v) is 2.45. The zero-order valence-corrected chi connectivity index (χ0v) is 12.9. The normalized spacial score (nSPS) is 15.5. The molecule has 0 saturated heterocycles. The Bertz CT molecular complexity index is 359. The van der Waals surface area contributed by atoms with E-state index in [0.29, 0.717) is 0 Å². The molecule has 0 rings (SSSR count). The summed E-state index contributed by atoms with van der Waals surface area (Å²) in [5.74, 6) is -4.77. The second kappa shape index (κ2) is 8.56. The van der Waals surface area contributed by atoms with Gasteiger partial charge in [0.15, 0.2) is 0 Å². The Labute approximate surface area is 129 Å². The van der Waals surface area contributed by atoms with E-state index in [4.69, 9.17) is 10.2 Å². The van der Waals surface area contributed by atoms with Crippen LogP contribution >= 0.6 is 8.03 Å². The molecule has 0 aliphatic rings. The summed E-state index contributed by atoms with van der Waals surface area (Å²) in [7, 11) is -3.48. The Balaban J connectivity index is -0.00000128. The summed E-state index contributed by atoms with van der Waals surface area (Å²) >= 11 is 0. The summed E-state index contributed by atoms with van der Waals surface area (Å²) < 4.78 is 11.2. The third-order valence-electron chi connectivity index (χ3n) is 2.43. The molecule has 96 valence electrons. The van der Waals surface area contributed by atoms with Gasteiger partial charge in [0.05, 0.1) is 0 Å². The number of carbonyl (C=O) groups is 2. The minimum Gasteiger partial charge on any atom is -1.00 e. The van der Waals surface area contributed by atoms with E-state index in [-0.39, 0.29) is 37.4 Å². The van der Waals surface area contributed by atoms with Gasteiger partial charge in [-0.15, -0.1) is 13.2 Å². The van der Waals surface area contributed by atoms with Crippen LogP contribution in [0.25, 0.3) is 0 Å². The van der Waals surface area contributed by atoms with Crippen molar-refractivity contribution in [3.05, 3.63) is 25.3 Å². The second-order valence-electron chi connectivity index (χ2n) is 3.39. The van der Waals surface area contributed by atoms with Gasteiger partial charge in [-0.2, -0.15) is 0 Å². The van der Waals surface area contributed by atoms with Crippen LogP contribution < -0.4 is 34.5 Å². The molecule has 0 spiro atoms. The first-order valence-corrected chi connectivity index (χ1v) is 5.84. The SMILES string of the molecule is C=CCC(C(=O)O)C(CC=C)(C(=O)O)[P+](=O)[O-].[H-].[Na+]. The van der Waals surface area contributed by atoms with Crippen LogP contribution in [0.15, 0.2) is 25.3 Å². The number of carboxylic acid groups (broad SMARTS) is 2. The predicted octanol–water partition coefficient (Wildman–Crippen LogP) is -2.12. The molecule has 0 aliphatic carbocycles. The van der Waals surface area contributed by atoms with E-state index in [1.807, 2.05) is 0 Å². The van der Waals surface area contributed by atoms with Crippen LogP contribution in [-0.4, -0.2) is 27.3 Å². The average Bonchev–Trinajstić information content (AvgIpc) is 2.21. The first kappa shape index (κ1) is 19.8. The van der Waals surface area contributed by atoms with Gasteiger partial charge in [0.1, 0.15) is 5.92 Å². The number of allylic oxidation sites excluding steroid dienone is 2. The number of hydrogen-bond acceptors (Lipinski definition) is 4. The summed E-state index contributed by atoms with van der Waals surface area (Å²) in [5.41, 5.74) is 0. The molecule has 2 N–H and O–H groups in total. The Hall–Kier alpha value is -0.520. The van der Waals surface area contributed by atoms with Gasteiger partial charge < -0.3 is 16.5 Å². The van der Waals surface area contributed by atoms with Crippen molar-refractivity contribution >= 4 is 20.0 Å². The van der Waals surface area contributed by atoms with E-state index in [9.17, 15) is 19.0 Å². The molecule has 0 aromatic rings. The molecule has 6 nitrogen and oxygen atoms in total. The molecule has 18 heavy (non-hydrogen) atoms. The summed E-state index contributed by atoms with van der Waals surface area (Å²) in [6, 6.07) is 0. The van der Waals surface area contributed by atoms with Crippen LogP contribution in [-0.2, 0) is 14.2 Å². The standard InChI is InChI=1S/C10H13O6P.Na.H/c1-3-5-7(8(11)12)10(6-4-2,9(13)14)17(15)16;;/h3-4,7H,1-2,5-6H2,(H,11,12)(H,13,14);;/q;+1;-1. The van der Waals surface area contributed by atoms with Crippen molar-refractivity contribution in [3.63, 3.8) is 0 Å². The average molecular weight is 284 g/mol. The van der Waals surface area contributed by atoms with Crippen LogP contribution in [0.5, 0.6) is 0 Å². The summed E-state index contributed by atoms with van der Waals surface area (Å²) in [4.78, 5) is 33.3. The van der Waals surface area contributed by atoms with Crippen LogP contribution in [0.2, 0.25) is 0 Å². The maximum Gasteiger partial charge on any atom is 1.00 e. The van der Waals surface area contributed by atoms with Gasteiger partial charge in [-0.25, -0.2) is 4.79 Å². The van der Waals surface area contributed by atoms with E-state index >= 15 is 0 Å². The minimum absolute atomic E-state index is 0. The number of aliphatic carboxylic acids is 2. The maximum atomic E-state index is 11.2. The van der Waals surface area contributed by atoms with Crippen LogP contribution in [0, 0.1) is 5.92 Å². The molecule has 0 fully saturated rings. The Kier molecular flexibility index (Phi) is 9.42. The largest absolute Gasteiger partial charge is 1.00 e. The number of rotatable bonds is 8. The van der Waals surface area contributed by atoms with Crippen LogP contribution in [0.3, 0.4) is 0 Å². The van der Waals surface area contributed by atoms with Gasteiger partial charge in [-0.05, 0) is 6.42 Å². The second-order valence-corrected chi connectivity index (χ2v) is 4.71. The number of carboxylic acids is 2. The quantitative estimate of drug-likeness (QED) is 0.299. The topological polar surface area (TPSA) is 115 Å². The van der Waals surface area contributed by atoms with Gasteiger partial charge >= 0.3 is 49.5 Å². The van der Waals surface area contributed by atoms with Crippen molar-refractivity contribution < 1.29 is 60.2 Å². The predicted molar refractivity (Wildman–Crippen MR) is 59.8 cm³/mol. The Morgan fingerprint density at radius 1 is 1.39 bits per heavy atom. The van der Waals surface area contributed by atoms with E-state index < -0.39 is 37.5 Å². The Morgan fingerprint density at radius 2 is 1.89 bits per heavy atom. The zero-order valence-electron chi connectivity index (χ0n) is 11.0. The van der Waals surface area contributed by atoms with Gasteiger partial charge in [0, 0.05) is 6.42 Å². The summed E-state index contributed by atoms with van der Waals surface area (Å²) in [6.07, 6.45) is 1.54. The monoisotopic (exact) mass is 284 g/mol. The molecule has 3 atom stereocenters. The van der Waals surface area contributed by atoms with Crippen molar-refractivity contribution in [1.82, 2.24) is 0 Å². The molecular weight excluding hydrogens is 270 g/mol. The molecule has 0 radical (unpaired) electrons. The smallest absolute Gasteiger partial charge is 1.00 e. The molecule has 0 amide bonds. The summed E-state index contributed by atoms with van der Waals surface area (Å²) in [6.45, 7) is 6.56. The van der Waals surface area contributed by atoms with Crippen molar-refractivity contribution in [2.45, 2.75) is 18.0 Å². The maximum absolute atomic E-state index is 11.2. The van der Waals surface area contributed by atoms with Crippen molar-refractivity contribution in [1.29, 1.82) is 0 Å². The zero-order chi connectivity index (χ0) is 13.6. The van der Waals surface area contributed by atoms with E-state index in [1.165, 1.54) is 6.08 Å². The van der Waals surface area contributed by atoms with Crippen LogP contribution in [0.1, 0.15) is 14.3 Å². The molecule has 0 aromatic heterocycles. The van der Waals surface area contributed by atoms with Crippen molar-refractivity contribution in [2.75, 3.05) is 0 Å². The molecule has 0 bridgehead atoms. The van der Waals surface area contributed by atoms with Crippen LogP contribution in [0.4, 0.5) is 0 Å². The molecular formula is C10H14NaO6P. The Morgan fingerprint density at radius 3 is 2.11 bits per heavy atom. The van der Waals surface area contributed by atoms with Gasteiger partial charge in [-0.3, -0.25) is 4.79 Å². The molecule has 0 heterocycles. The summed E-state index contributed by atoms with van der Waals surface area (Å²) in [5, 5.41) is 15.6. The third kappa shape index (κ3) is 4.00. The minimum atomic E-state index is -3.48. The van der Waals surface area contributed by atoms with E-state index in [0.717, 1.165) is 6.08 Å². The fraction of sp³-hybridized carbons (Fsp3) is 0.400. The third-order valence-corrected chi connectivity index (χ3v) is 3.77. The first-order chi connectivity index (χ1) is 7.84. The first-order valence-electron chi connectivity index (χ1n) is 4.67. The molecule has 0 aliphatic heterocycles. The van der Waals surface area contributed by atoms with Gasteiger partial charge in [-0.1, -0.05) is 16.7 Å².